The monoisotopic (exact) mass is 242 g/mol. The van der Waals surface area contributed by atoms with Gasteiger partial charge in [-0.3, -0.25) is 0 Å². The Kier molecular flexibility index (Phi) is 1.90. The molecule has 2 aromatic rings. The zero-order valence-corrected chi connectivity index (χ0v) is 8.70. The second-order valence-electron chi connectivity index (χ2n) is 4.17. The van der Waals surface area contributed by atoms with Crippen LogP contribution >= 0.6 is 0 Å². The summed E-state index contributed by atoms with van der Waals surface area (Å²) >= 11 is 0. The lowest BCUT2D eigenvalue weighted by molar-refractivity contribution is -0.136. The molecule has 90 valence electrons. The number of hydrogen-bond donors (Lipinski definition) is 1. The molecule has 1 fully saturated rings. The van der Waals surface area contributed by atoms with Crippen molar-refractivity contribution in [2.45, 2.75) is 24.9 Å². The largest absolute Gasteiger partial charge is 0.421 e. The first kappa shape index (κ1) is 10.4. The molecule has 2 aromatic heterocycles. The van der Waals surface area contributed by atoms with E-state index in [1.807, 2.05) is 0 Å². The number of rotatable bonds is 1. The molecule has 0 atom stereocenters. The van der Waals surface area contributed by atoms with E-state index in [-0.39, 0.29) is 17.4 Å². The minimum atomic E-state index is -4.45. The molecule has 4 nitrogen and oxygen atoms in total. The lowest BCUT2D eigenvalue weighted by Gasteiger charge is -2.06. The predicted molar refractivity (Wildman–Crippen MR) is 54.4 cm³/mol. The van der Waals surface area contributed by atoms with Crippen molar-refractivity contribution in [3.8, 4) is 0 Å². The van der Waals surface area contributed by atoms with E-state index in [0.29, 0.717) is 5.69 Å². The van der Waals surface area contributed by atoms with Gasteiger partial charge in [-0.2, -0.15) is 18.3 Å². The maximum Gasteiger partial charge on any atom is 0.421 e. The molecule has 0 saturated heterocycles. The quantitative estimate of drug-likeness (QED) is 0.834. The van der Waals surface area contributed by atoms with Crippen LogP contribution in [-0.2, 0) is 6.18 Å². The van der Waals surface area contributed by atoms with Crippen molar-refractivity contribution in [3.05, 3.63) is 23.5 Å². The van der Waals surface area contributed by atoms with Gasteiger partial charge in [0, 0.05) is 12.0 Å². The summed E-state index contributed by atoms with van der Waals surface area (Å²) < 4.78 is 39.3. The summed E-state index contributed by atoms with van der Waals surface area (Å²) in [6.45, 7) is 0. The van der Waals surface area contributed by atoms with Crippen molar-refractivity contribution >= 4 is 11.5 Å². The highest BCUT2D eigenvalue weighted by molar-refractivity contribution is 5.54. The molecule has 0 spiro atoms. The lowest BCUT2D eigenvalue weighted by Crippen LogP contribution is -2.07. The predicted octanol–water partition coefficient (Wildman–Crippen LogP) is 2.21. The molecule has 7 heteroatoms. The average molecular weight is 242 g/mol. The fourth-order valence-corrected chi connectivity index (χ4v) is 1.88. The van der Waals surface area contributed by atoms with E-state index in [2.05, 4.69) is 10.1 Å². The molecule has 0 unspecified atom stereocenters. The summed E-state index contributed by atoms with van der Waals surface area (Å²) in [7, 11) is 0. The number of anilines is 1. The first-order chi connectivity index (χ1) is 7.97. The molecule has 1 saturated carbocycles. The molecular weight excluding hydrogens is 233 g/mol. The highest BCUT2D eigenvalue weighted by Gasteiger charge is 2.37. The second-order valence-corrected chi connectivity index (χ2v) is 4.17. The van der Waals surface area contributed by atoms with E-state index in [4.69, 9.17) is 5.73 Å². The van der Waals surface area contributed by atoms with Gasteiger partial charge in [-0.05, 0) is 12.8 Å². The van der Waals surface area contributed by atoms with Gasteiger partial charge in [0.25, 0.3) is 0 Å². The van der Waals surface area contributed by atoms with Gasteiger partial charge in [0.2, 0.25) is 0 Å². The molecule has 0 aliphatic heterocycles. The van der Waals surface area contributed by atoms with Gasteiger partial charge in [-0.15, -0.1) is 0 Å². The van der Waals surface area contributed by atoms with Gasteiger partial charge >= 0.3 is 6.18 Å². The van der Waals surface area contributed by atoms with E-state index in [1.165, 1.54) is 4.52 Å². The van der Waals surface area contributed by atoms with Crippen LogP contribution in [0, 0.1) is 0 Å². The van der Waals surface area contributed by atoms with Crippen molar-refractivity contribution < 1.29 is 13.2 Å². The molecule has 1 aliphatic rings. The maximum absolute atomic E-state index is 12.7. The van der Waals surface area contributed by atoms with E-state index in [0.717, 1.165) is 19.0 Å². The highest BCUT2D eigenvalue weighted by Crippen LogP contribution is 2.41. The van der Waals surface area contributed by atoms with E-state index >= 15 is 0 Å². The Bertz CT molecular complexity index is 583. The lowest BCUT2D eigenvalue weighted by atomic mass is 10.2. The first-order valence-corrected chi connectivity index (χ1v) is 5.18. The number of alkyl halides is 3. The third kappa shape index (κ3) is 1.62. The van der Waals surface area contributed by atoms with Gasteiger partial charge < -0.3 is 5.73 Å². The Labute approximate surface area is 94.2 Å². The van der Waals surface area contributed by atoms with E-state index in [1.54, 1.807) is 6.07 Å². The molecule has 0 aromatic carbocycles. The van der Waals surface area contributed by atoms with Crippen LogP contribution in [0.15, 0.2) is 12.3 Å². The number of fused-ring (bicyclic) bond motifs is 1. The van der Waals surface area contributed by atoms with Gasteiger partial charge in [-0.25, -0.2) is 9.50 Å². The van der Waals surface area contributed by atoms with Crippen LogP contribution in [0.5, 0.6) is 0 Å². The number of aromatic nitrogens is 3. The summed E-state index contributed by atoms with van der Waals surface area (Å²) in [5, 5.41) is 3.77. The first-order valence-electron chi connectivity index (χ1n) is 5.18. The number of nitrogens with zero attached hydrogens (tertiary/aromatic N) is 3. The SMILES string of the molecule is Nc1cc(C2CC2)n2ncc(C(F)(F)F)c2n1. The molecule has 0 bridgehead atoms. The van der Waals surface area contributed by atoms with Crippen molar-refractivity contribution in [3.63, 3.8) is 0 Å². The Morgan fingerprint density at radius 1 is 1.35 bits per heavy atom. The molecule has 0 amide bonds. The minimum absolute atomic E-state index is 0.102. The molecule has 1 aliphatic carbocycles. The topological polar surface area (TPSA) is 56.2 Å². The fraction of sp³-hybridized carbons (Fsp3) is 0.400. The molecule has 17 heavy (non-hydrogen) atoms. The van der Waals surface area contributed by atoms with Crippen molar-refractivity contribution in [1.29, 1.82) is 0 Å². The summed E-state index contributed by atoms with van der Waals surface area (Å²) in [5.41, 5.74) is 5.20. The molecule has 0 radical (unpaired) electrons. The van der Waals surface area contributed by atoms with Gasteiger partial charge in [0.15, 0.2) is 5.65 Å². The van der Waals surface area contributed by atoms with Crippen molar-refractivity contribution in [2.75, 3.05) is 5.73 Å². The third-order valence-corrected chi connectivity index (χ3v) is 2.82. The van der Waals surface area contributed by atoms with Crippen molar-refractivity contribution in [2.24, 2.45) is 0 Å². The van der Waals surface area contributed by atoms with Crippen LogP contribution in [0.1, 0.15) is 30.0 Å². The van der Waals surface area contributed by atoms with Crippen LogP contribution in [-0.4, -0.2) is 14.6 Å². The number of nitrogens with two attached hydrogens (primary N) is 1. The number of nitrogen functional groups attached to an aromatic ring is 1. The van der Waals surface area contributed by atoms with Crippen LogP contribution < -0.4 is 5.73 Å². The Morgan fingerprint density at radius 2 is 2.06 bits per heavy atom. The maximum atomic E-state index is 12.7. The molecule has 2 N–H and O–H groups in total. The van der Waals surface area contributed by atoms with Crippen LogP contribution in [0.4, 0.5) is 19.0 Å². The second kappa shape index (κ2) is 3.12. The molecular formula is C10H9F3N4. The average Bonchev–Trinajstić information content (AvgIpc) is 2.95. The van der Waals surface area contributed by atoms with Crippen LogP contribution in [0.3, 0.4) is 0 Å². The fourth-order valence-electron chi connectivity index (χ4n) is 1.88. The smallest absolute Gasteiger partial charge is 0.384 e. The Morgan fingerprint density at radius 3 is 2.65 bits per heavy atom. The number of halogens is 3. The molecule has 3 rings (SSSR count). The van der Waals surface area contributed by atoms with Gasteiger partial charge in [-0.1, -0.05) is 0 Å². The normalized spacial score (nSPS) is 16.6. The van der Waals surface area contributed by atoms with Gasteiger partial charge in [0.05, 0.1) is 11.9 Å². The summed E-state index contributed by atoms with van der Waals surface area (Å²) in [6, 6.07) is 1.60. The minimum Gasteiger partial charge on any atom is -0.384 e. The van der Waals surface area contributed by atoms with E-state index in [9.17, 15) is 13.2 Å². The highest BCUT2D eigenvalue weighted by atomic mass is 19.4. The summed E-state index contributed by atoms with van der Waals surface area (Å²) in [4.78, 5) is 3.73. The van der Waals surface area contributed by atoms with Crippen molar-refractivity contribution in [1.82, 2.24) is 14.6 Å². The van der Waals surface area contributed by atoms with Crippen LogP contribution in [0.2, 0.25) is 0 Å². The zero-order valence-electron chi connectivity index (χ0n) is 8.70. The molecule has 2 heterocycles. The van der Waals surface area contributed by atoms with Crippen LogP contribution in [0.25, 0.3) is 5.65 Å². The number of hydrogen-bond acceptors (Lipinski definition) is 3. The van der Waals surface area contributed by atoms with Gasteiger partial charge in [0.1, 0.15) is 11.4 Å². The standard InChI is InChI=1S/C10H9F3N4/c11-10(12,13)6-4-15-17-7(5-1-2-5)3-8(14)16-9(6)17/h3-5H,1-2H2,(H2,14,16). The Hall–Kier alpha value is -1.79. The van der Waals surface area contributed by atoms with E-state index < -0.39 is 11.7 Å². The zero-order chi connectivity index (χ0) is 12.2. The summed E-state index contributed by atoms with van der Waals surface area (Å²) in [6.07, 6.45) is -1.74. The summed E-state index contributed by atoms with van der Waals surface area (Å²) in [5.74, 6) is 0.356. The Balaban J connectivity index is 2.28. The third-order valence-electron chi connectivity index (χ3n) is 2.82.